The lowest BCUT2D eigenvalue weighted by molar-refractivity contribution is -0.160. The van der Waals surface area contributed by atoms with Gasteiger partial charge in [0, 0.05) is 32.2 Å². The minimum absolute atomic E-state index is 0.0146. The molecule has 1 heterocycles. The Morgan fingerprint density at radius 2 is 2.00 bits per heavy atom. The van der Waals surface area contributed by atoms with Crippen molar-refractivity contribution in [2.45, 2.75) is 38.6 Å². The number of benzene rings is 1. The average Bonchev–Trinajstić information content (AvgIpc) is 2.76. The molecule has 0 saturated carbocycles. The fraction of sp³-hybridized carbons (Fsp3) is 0.591. The number of ether oxygens (including phenoxy) is 3. The molecular weight excluding hydrogens is 388 g/mol. The van der Waals surface area contributed by atoms with E-state index in [1.165, 1.54) is 0 Å². The Kier molecular flexibility index (Phi) is 9.60. The molecule has 0 bridgehead atoms. The summed E-state index contributed by atoms with van der Waals surface area (Å²) < 4.78 is 15.7. The van der Waals surface area contributed by atoms with Crippen LogP contribution in [0, 0.1) is 5.92 Å². The van der Waals surface area contributed by atoms with E-state index in [1.807, 2.05) is 24.3 Å². The number of unbranched alkanes of at least 4 members (excludes halogenated alkanes) is 1. The Hall–Kier alpha value is -2.61. The Labute approximate surface area is 177 Å². The topological polar surface area (TPSA) is 94.2 Å². The van der Waals surface area contributed by atoms with Gasteiger partial charge in [-0.25, -0.2) is 0 Å². The molecule has 1 saturated heterocycles. The molecule has 2 amide bonds. The highest BCUT2D eigenvalue weighted by Crippen LogP contribution is 2.41. The van der Waals surface area contributed by atoms with Crippen LogP contribution in [-0.4, -0.2) is 63.2 Å². The van der Waals surface area contributed by atoms with Crippen molar-refractivity contribution in [1.82, 2.24) is 10.2 Å². The van der Waals surface area contributed by atoms with Gasteiger partial charge in [0.15, 0.2) is 6.61 Å². The number of para-hydroxylation sites is 1. The number of amides is 2. The van der Waals surface area contributed by atoms with Crippen molar-refractivity contribution >= 4 is 17.8 Å². The first-order valence-corrected chi connectivity index (χ1v) is 10.4. The lowest BCUT2D eigenvalue weighted by Gasteiger charge is -2.40. The highest BCUT2D eigenvalue weighted by molar-refractivity contribution is 5.84. The largest absolute Gasteiger partial charge is 0.496 e. The van der Waals surface area contributed by atoms with E-state index in [9.17, 15) is 14.4 Å². The van der Waals surface area contributed by atoms with E-state index >= 15 is 0 Å². The van der Waals surface area contributed by atoms with Gasteiger partial charge in [-0.2, -0.15) is 0 Å². The maximum absolute atomic E-state index is 12.9. The summed E-state index contributed by atoms with van der Waals surface area (Å²) in [6, 6.07) is 6.91. The van der Waals surface area contributed by atoms with Crippen molar-refractivity contribution in [3.8, 4) is 5.75 Å². The molecule has 1 N–H and O–H groups in total. The van der Waals surface area contributed by atoms with Gasteiger partial charge in [-0.05, 0) is 18.9 Å². The maximum Gasteiger partial charge on any atom is 0.311 e. The second-order valence-electron chi connectivity index (χ2n) is 7.22. The standard InChI is InChI=1S/C22H32N2O6/c1-4-5-13-24-20(26)11-10-17(21(24)16-8-6-7-9-18(16)29-3)22(27)30-15-19(25)23-12-14-28-2/h6-9,17,21H,4-5,10-15H2,1-3H3,(H,23,25)/t17-,21-/m1/s1. The van der Waals surface area contributed by atoms with Gasteiger partial charge in [0.25, 0.3) is 5.91 Å². The van der Waals surface area contributed by atoms with Crippen LogP contribution >= 0.6 is 0 Å². The molecule has 1 aromatic carbocycles. The quantitative estimate of drug-likeness (QED) is 0.435. The van der Waals surface area contributed by atoms with E-state index in [-0.39, 0.29) is 24.8 Å². The van der Waals surface area contributed by atoms with Crippen molar-refractivity contribution in [3.63, 3.8) is 0 Å². The number of likely N-dealkylation sites (tertiary alicyclic amines) is 1. The first-order valence-electron chi connectivity index (χ1n) is 10.4. The van der Waals surface area contributed by atoms with Crippen LogP contribution in [0.15, 0.2) is 24.3 Å². The van der Waals surface area contributed by atoms with Gasteiger partial charge in [0.1, 0.15) is 5.75 Å². The van der Waals surface area contributed by atoms with Gasteiger partial charge in [0.2, 0.25) is 5.91 Å². The molecule has 0 unspecified atom stereocenters. The number of rotatable bonds is 11. The smallest absolute Gasteiger partial charge is 0.311 e. The summed E-state index contributed by atoms with van der Waals surface area (Å²) in [5.41, 5.74) is 0.774. The summed E-state index contributed by atoms with van der Waals surface area (Å²) in [6.45, 7) is 2.98. The second-order valence-corrected chi connectivity index (χ2v) is 7.22. The van der Waals surface area contributed by atoms with Crippen molar-refractivity contribution in [2.75, 3.05) is 40.5 Å². The zero-order valence-corrected chi connectivity index (χ0v) is 18.0. The summed E-state index contributed by atoms with van der Waals surface area (Å²) in [5.74, 6) is -0.803. The van der Waals surface area contributed by atoms with E-state index < -0.39 is 17.9 Å². The first-order chi connectivity index (χ1) is 14.5. The molecule has 0 radical (unpaired) electrons. The molecule has 2 atom stereocenters. The van der Waals surface area contributed by atoms with Crippen molar-refractivity contribution < 1.29 is 28.6 Å². The van der Waals surface area contributed by atoms with Gasteiger partial charge in [0.05, 0.1) is 25.7 Å². The number of carbonyl (C=O) groups is 3. The van der Waals surface area contributed by atoms with Crippen LogP contribution in [0.3, 0.4) is 0 Å². The van der Waals surface area contributed by atoms with Crippen LogP contribution in [0.4, 0.5) is 0 Å². The molecule has 0 aromatic heterocycles. The fourth-order valence-corrected chi connectivity index (χ4v) is 3.67. The van der Waals surface area contributed by atoms with Gasteiger partial charge in [-0.1, -0.05) is 31.5 Å². The minimum Gasteiger partial charge on any atom is -0.496 e. The van der Waals surface area contributed by atoms with Crippen molar-refractivity contribution in [2.24, 2.45) is 5.92 Å². The molecule has 30 heavy (non-hydrogen) atoms. The van der Waals surface area contributed by atoms with Crippen LogP contribution in [0.1, 0.15) is 44.2 Å². The van der Waals surface area contributed by atoms with Gasteiger partial charge in [-0.3, -0.25) is 14.4 Å². The molecule has 1 aliphatic heterocycles. The molecule has 0 spiro atoms. The summed E-state index contributed by atoms with van der Waals surface area (Å²) in [5, 5.41) is 2.62. The van der Waals surface area contributed by atoms with Crippen LogP contribution < -0.4 is 10.1 Å². The van der Waals surface area contributed by atoms with E-state index in [4.69, 9.17) is 14.2 Å². The molecule has 2 rings (SSSR count). The SMILES string of the molecule is CCCCN1C(=O)CC[C@@H](C(=O)OCC(=O)NCCOC)[C@H]1c1ccccc1OC. The summed E-state index contributed by atoms with van der Waals surface area (Å²) in [4.78, 5) is 39.3. The van der Waals surface area contributed by atoms with Gasteiger partial charge in [-0.15, -0.1) is 0 Å². The third-order valence-electron chi connectivity index (χ3n) is 5.19. The predicted octanol–water partition coefficient (Wildman–Crippen LogP) is 2.08. The molecule has 8 nitrogen and oxygen atoms in total. The Morgan fingerprint density at radius 1 is 1.23 bits per heavy atom. The summed E-state index contributed by atoms with van der Waals surface area (Å²) in [6.07, 6.45) is 2.41. The maximum atomic E-state index is 12.9. The summed E-state index contributed by atoms with van der Waals surface area (Å²) in [7, 11) is 3.11. The highest BCUT2D eigenvalue weighted by atomic mass is 16.5. The number of hydrogen-bond acceptors (Lipinski definition) is 6. The van der Waals surface area contributed by atoms with Crippen LogP contribution in [0.25, 0.3) is 0 Å². The Morgan fingerprint density at radius 3 is 2.70 bits per heavy atom. The van der Waals surface area contributed by atoms with Crippen LogP contribution in [0.5, 0.6) is 5.75 Å². The molecular formula is C22H32N2O6. The van der Waals surface area contributed by atoms with Crippen LogP contribution in [-0.2, 0) is 23.9 Å². The van der Waals surface area contributed by atoms with E-state index in [0.717, 1.165) is 18.4 Å². The predicted molar refractivity (Wildman–Crippen MR) is 111 cm³/mol. The lowest BCUT2D eigenvalue weighted by atomic mass is 9.83. The zero-order chi connectivity index (χ0) is 21.9. The number of methoxy groups -OCH3 is 2. The first kappa shape index (κ1) is 23.7. The molecule has 1 aliphatic rings. The Balaban J connectivity index is 2.21. The number of piperidine rings is 1. The monoisotopic (exact) mass is 420 g/mol. The normalized spacial score (nSPS) is 18.8. The second kappa shape index (κ2) is 12.2. The fourth-order valence-electron chi connectivity index (χ4n) is 3.67. The van der Waals surface area contributed by atoms with E-state index in [0.29, 0.717) is 31.9 Å². The lowest BCUT2D eigenvalue weighted by Crippen LogP contribution is -2.46. The Bertz CT molecular complexity index is 723. The molecule has 1 fully saturated rings. The molecule has 8 heteroatoms. The number of nitrogens with zero attached hydrogens (tertiary/aromatic N) is 1. The van der Waals surface area contributed by atoms with Gasteiger partial charge >= 0.3 is 5.97 Å². The van der Waals surface area contributed by atoms with Crippen molar-refractivity contribution in [3.05, 3.63) is 29.8 Å². The van der Waals surface area contributed by atoms with E-state index in [1.54, 1.807) is 19.1 Å². The third-order valence-corrected chi connectivity index (χ3v) is 5.19. The molecule has 0 aliphatic carbocycles. The third kappa shape index (κ3) is 6.19. The number of esters is 1. The zero-order valence-electron chi connectivity index (χ0n) is 18.0. The summed E-state index contributed by atoms with van der Waals surface area (Å²) >= 11 is 0. The number of carbonyl (C=O) groups excluding carboxylic acids is 3. The number of hydrogen-bond donors (Lipinski definition) is 1. The minimum atomic E-state index is -0.567. The molecule has 1 aromatic rings. The van der Waals surface area contributed by atoms with Gasteiger partial charge < -0.3 is 24.4 Å². The number of nitrogens with one attached hydrogen (secondary N) is 1. The van der Waals surface area contributed by atoms with Crippen LogP contribution in [0.2, 0.25) is 0 Å². The highest BCUT2D eigenvalue weighted by Gasteiger charge is 2.42. The molecule has 166 valence electrons. The average molecular weight is 421 g/mol. The van der Waals surface area contributed by atoms with Crippen molar-refractivity contribution in [1.29, 1.82) is 0 Å². The van der Waals surface area contributed by atoms with E-state index in [2.05, 4.69) is 12.2 Å².